The van der Waals surface area contributed by atoms with E-state index in [1.807, 2.05) is 20.8 Å². The molecule has 0 aromatic carbocycles. The Morgan fingerprint density at radius 3 is 1.78 bits per heavy atom. The molecule has 4 nitrogen and oxygen atoms in total. The highest BCUT2D eigenvalue weighted by Gasteiger charge is 2.40. The molecule has 0 aliphatic rings. The average Bonchev–Trinajstić information content (AvgIpc) is 2.35. The molecule has 0 aliphatic carbocycles. The van der Waals surface area contributed by atoms with Crippen LogP contribution in [-0.4, -0.2) is 28.6 Å². The van der Waals surface area contributed by atoms with E-state index in [0.717, 1.165) is 25.3 Å². The molecule has 0 saturated carbocycles. The summed E-state index contributed by atoms with van der Waals surface area (Å²) in [5.41, 5.74) is 0. The summed E-state index contributed by atoms with van der Waals surface area (Å²) < 4.78 is 17.3. The molecule has 0 rings (SSSR count). The van der Waals surface area contributed by atoms with Gasteiger partial charge in [-0.1, -0.05) is 13.3 Å². The Bertz CT molecular complexity index is 226. The van der Waals surface area contributed by atoms with Gasteiger partial charge < -0.3 is 13.3 Å². The summed E-state index contributed by atoms with van der Waals surface area (Å²) in [5.74, 6) is 0.0863. The van der Waals surface area contributed by atoms with Gasteiger partial charge in [-0.25, -0.2) is 0 Å². The molecule has 0 aliphatic heterocycles. The summed E-state index contributed by atoms with van der Waals surface area (Å²) in [6, 6.07) is 3.09. The predicted molar refractivity (Wildman–Crippen MR) is 74.1 cm³/mol. The van der Waals surface area contributed by atoms with Crippen molar-refractivity contribution in [2.45, 2.75) is 53.0 Å². The highest BCUT2D eigenvalue weighted by Crippen LogP contribution is 2.23. The smallest absolute Gasteiger partial charge is 0.374 e. The van der Waals surface area contributed by atoms with Gasteiger partial charge in [-0.3, -0.25) is 0 Å². The highest BCUT2D eigenvalue weighted by atomic mass is 28.4. The van der Waals surface area contributed by atoms with Crippen LogP contribution in [0.2, 0.25) is 6.04 Å². The van der Waals surface area contributed by atoms with E-state index >= 15 is 0 Å². The molecule has 0 N–H and O–H groups in total. The van der Waals surface area contributed by atoms with Crippen molar-refractivity contribution in [1.29, 1.82) is 5.26 Å². The van der Waals surface area contributed by atoms with Gasteiger partial charge in [-0.15, -0.1) is 0 Å². The topological polar surface area (TPSA) is 51.5 Å². The molecule has 0 radical (unpaired) electrons. The molecule has 0 amide bonds. The molecule has 106 valence electrons. The minimum atomic E-state index is -2.55. The van der Waals surface area contributed by atoms with Crippen molar-refractivity contribution < 1.29 is 13.3 Å². The van der Waals surface area contributed by atoms with Gasteiger partial charge in [-0.2, -0.15) is 5.26 Å². The number of hydrogen-bond acceptors (Lipinski definition) is 4. The standard InChI is InChI=1S/C13H27NO3Si/c1-5-9-13(12-14)10-11-18(15-6-2,16-7-3)17-8-4/h13H,5-11H2,1-4H3. The summed E-state index contributed by atoms with van der Waals surface area (Å²) in [6.45, 7) is 9.74. The molecule has 5 heteroatoms. The van der Waals surface area contributed by atoms with Crippen LogP contribution in [-0.2, 0) is 13.3 Å². The number of nitriles is 1. The van der Waals surface area contributed by atoms with E-state index in [9.17, 15) is 0 Å². The Labute approximate surface area is 113 Å². The van der Waals surface area contributed by atoms with E-state index in [1.54, 1.807) is 0 Å². The van der Waals surface area contributed by atoms with Crippen LogP contribution >= 0.6 is 0 Å². The van der Waals surface area contributed by atoms with E-state index in [0.29, 0.717) is 19.8 Å². The van der Waals surface area contributed by atoms with Gasteiger partial charge in [0.05, 0.1) is 6.07 Å². The Hall–Kier alpha value is -0.413. The quantitative estimate of drug-likeness (QED) is 0.542. The third kappa shape index (κ3) is 6.50. The molecule has 0 heterocycles. The fourth-order valence-electron chi connectivity index (χ4n) is 1.97. The zero-order chi connectivity index (χ0) is 13.9. The monoisotopic (exact) mass is 273 g/mol. The summed E-state index contributed by atoms with van der Waals surface area (Å²) in [4.78, 5) is 0. The first-order valence-corrected chi connectivity index (χ1v) is 8.92. The average molecular weight is 273 g/mol. The van der Waals surface area contributed by atoms with Crippen molar-refractivity contribution in [3.63, 3.8) is 0 Å². The lowest BCUT2D eigenvalue weighted by molar-refractivity contribution is 0.0700. The van der Waals surface area contributed by atoms with Crippen LogP contribution in [0.1, 0.15) is 47.0 Å². The lowest BCUT2D eigenvalue weighted by atomic mass is 10.0. The van der Waals surface area contributed by atoms with E-state index in [-0.39, 0.29) is 5.92 Å². The minimum absolute atomic E-state index is 0.0863. The molecule has 1 unspecified atom stereocenters. The Balaban J connectivity index is 4.49. The fourth-order valence-corrected chi connectivity index (χ4v) is 4.68. The molecular formula is C13H27NO3Si. The first-order chi connectivity index (χ1) is 8.67. The normalized spacial score (nSPS) is 13.3. The minimum Gasteiger partial charge on any atom is -0.374 e. The van der Waals surface area contributed by atoms with Gasteiger partial charge in [0.1, 0.15) is 0 Å². The Morgan fingerprint density at radius 2 is 1.44 bits per heavy atom. The zero-order valence-corrected chi connectivity index (χ0v) is 13.2. The molecule has 0 aromatic heterocycles. The van der Waals surface area contributed by atoms with Crippen LogP contribution in [0.3, 0.4) is 0 Å². The van der Waals surface area contributed by atoms with E-state index in [4.69, 9.17) is 18.5 Å². The van der Waals surface area contributed by atoms with Crippen molar-refractivity contribution in [2.24, 2.45) is 5.92 Å². The van der Waals surface area contributed by atoms with Gasteiger partial charge in [0.25, 0.3) is 0 Å². The summed E-state index contributed by atoms with van der Waals surface area (Å²) >= 11 is 0. The maximum Gasteiger partial charge on any atom is 0.500 e. The first-order valence-electron chi connectivity index (χ1n) is 6.99. The highest BCUT2D eigenvalue weighted by molar-refractivity contribution is 6.60. The molecule has 0 fully saturated rings. The molecule has 18 heavy (non-hydrogen) atoms. The molecule has 1 atom stereocenters. The molecule has 0 saturated heterocycles. The van der Waals surface area contributed by atoms with E-state index in [2.05, 4.69) is 13.0 Å². The number of rotatable bonds is 11. The van der Waals surface area contributed by atoms with Crippen molar-refractivity contribution in [3.8, 4) is 6.07 Å². The second-order valence-corrected chi connectivity index (χ2v) is 6.87. The second-order valence-electron chi connectivity index (χ2n) is 4.14. The summed E-state index contributed by atoms with van der Waals surface area (Å²) in [7, 11) is -2.55. The van der Waals surface area contributed by atoms with Crippen molar-refractivity contribution >= 4 is 8.80 Å². The van der Waals surface area contributed by atoms with Crippen LogP contribution in [0, 0.1) is 17.2 Å². The third-order valence-corrected chi connectivity index (χ3v) is 5.80. The van der Waals surface area contributed by atoms with Crippen LogP contribution in [0.25, 0.3) is 0 Å². The largest absolute Gasteiger partial charge is 0.500 e. The lowest BCUT2D eigenvalue weighted by Crippen LogP contribution is -2.46. The van der Waals surface area contributed by atoms with Crippen LogP contribution in [0.4, 0.5) is 0 Å². The van der Waals surface area contributed by atoms with Gasteiger partial charge in [0, 0.05) is 31.8 Å². The lowest BCUT2D eigenvalue weighted by Gasteiger charge is -2.29. The maximum absolute atomic E-state index is 9.09. The van der Waals surface area contributed by atoms with Crippen LogP contribution < -0.4 is 0 Å². The predicted octanol–water partition coefficient (Wildman–Crippen LogP) is 3.36. The fraction of sp³-hybridized carbons (Fsp3) is 0.923. The third-order valence-electron chi connectivity index (χ3n) is 2.71. The SMILES string of the molecule is CCCC(C#N)CC[Si](OCC)(OCC)OCC. The zero-order valence-electron chi connectivity index (χ0n) is 12.2. The van der Waals surface area contributed by atoms with Crippen LogP contribution in [0.15, 0.2) is 0 Å². The van der Waals surface area contributed by atoms with Crippen molar-refractivity contribution in [2.75, 3.05) is 19.8 Å². The van der Waals surface area contributed by atoms with E-state index in [1.165, 1.54) is 0 Å². The van der Waals surface area contributed by atoms with Crippen LogP contribution in [0.5, 0.6) is 0 Å². The number of nitrogens with zero attached hydrogens (tertiary/aromatic N) is 1. The summed E-state index contributed by atoms with van der Waals surface area (Å²) in [5, 5.41) is 9.09. The Kier molecular flexibility index (Phi) is 10.3. The maximum atomic E-state index is 9.09. The van der Waals surface area contributed by atoms with Gasteiger partial charge in [0.2, 0.25) is 0 Å². The van der Waals surface area contributed by atoms with Crippen molar-refractivity contribution in [1.82, 2.24) is 0 Å². The van der Waals surface area contributed by atoms with E-state index < -0.39 is 8.80 Å². The molecular weight excluding hydrogens is 246 g/mol. The number of hydrogen-bond donors (Lipinski definition) is 0. The van der Waals surface area contributed by atoms with Gasteiger partial charge in [0.15, 0.2) is 0 Å². The molecule has 0 bridgehead atoms. The van der Waals surface area contributed by atoms with Gasteiger partial charge in [-0.05, 0) is 33.6 Å². The van der Waals surface area contributed by atoms with Gasteiger partial charge >= 0.3 is 8.80 Å². The second kappa shape index (κ2) is 10.5. The van der Waals surface area contributed by atoms with Crippen molar-refractivity contribution in [3.05, 3.63) is 0 Å². The Morgan fingerprint density at radius 1 is 0.944 bits per heavy atom. The molecule has 0 spiro atoms. The first kappa shape index (κ1) is 17.6. The summed E-state index contributed by atoms with van der Waals surface area (Å²) in [6.07, 6.45) is 2.77. The molecule has 0 aromatic rings.